The first kappa shape index (κ1) is 20.0. The number of ether oxygens (including phenoxy) is 1. The first-order valence-electron chi connectivity index (χ1n) is 8.99. The van der Waals surface area contributed by atoms with Crippen molar-refractivity contribution in [2.24, 2.45) is 12.0 Å². The molecule has 9 nitrogen and oxygen atoms in total. The number of amides is 1. The largest absolute Gasteiger partial charge is 0.444 e. The van der Waals surface area contributed by atoms with Crippen LogP contribution in [0.5, 0.6) is 0 Å². The maximum atomic E-state index is 12.3. The highest BCUT2D eigenvalue weighted by atomic mass is 16.6. The van der Waals surface area contributed by atoms with E-state index in [4.69, 9.17) is 4.74 Å². The second-order valence-corrected chi connectivity index (χ2v) is 7.56. The summed E-state index contributed by atoms with van der Waals surface area (Å²) in [6.07, 6.45) is 1.64. The zero-order valence-electron chi connectivity index (χ0n) is 16.7. The van der Waals surface area contributed by atoms with Crippen LogP contribution in [-0.2, 0) is 18.3 Å². The summed E-state index contributed by atoms with van der Waals surface area (Å²) in [6.45, 7) is 9.39. The quantitative estimate of drug-likeness (QED) is 0.617. The molecule has 1 unspecified atom stereocenters. The molecule has 0 saturated carbocycles. The number of hydrogen-bond donors (Lipinski definition) is 2. The Bertz CT molecular complexity index is 648. The Morgan fingerprint density at radius 2 is 2.12 bits per heavy atom. The van der Waals surface area contributed by atoms with Crippen LogP contribution in [0.25, 0.3) is 0 Å². The molecule has 26 heavy (non-hydrogen) atoms. The summed E-state index contributed by atoms with van der Waals surface area (Å²) in [5.74, 6) is 2.39. The van der Waals surface area contributed by atoms with Gasteiger partial charge in [0.25, 0.3) is 0 Å². The summed E-state index contributed by atoms with van der Waals surface area (Å²) in [6, 6.07) is 0.128. The van der Waals surface area contributed by atoms with E-state index in [1.54, 1.807) is 11.9 Å². The smallest absolute Gasteiger partial charge is 0.410 e. The van der Waals surface area contributed by atoms with Crippen molar-refractivity contribution in [3.8, 4) is 0 Å². The van der Waals surface area contributed by atoms with E-state index < -0.39 is 5.60 Å². The van der Waals surface area contributed by atoms with Crippen LogP contribution < -0.4 is 10.6 Å². The molecule has 1 aliphatic rings. The Hall–Kier alpha value is -2.32. The summed E-state index contributed by atoms with van der Waals surface area (Å²) >= 11 is 0. The zero-order chi connectivity index (χ0) is 19.3. The van der Waals surface area contributed by atoms with Gasteiger partial charge in [-0.2, -0.15) is 0 Å². The molecule has 1 aromatic rings. The second kappa shape index (κ2) is 8.37. The molecule has 2 rings (SSSR count). The lowest BCUT2D eigenvalue weighted by molar-refractivity contribution is 0.0193. The molecule has 1 amide bonds. The van der Waals surface area contributed by atoms with Crippen molar-refractivity contribution in [1.82, 2.24) is 30.3 Å². The number of carbonyl (C=O) groups is 1. The number of aryl methyl sites for hydroxylation is 1. The molecule has 0 spiro atoms. The fourth-order valence-corrected chi connectivity index (χ4v) is 2.74. The molecule has 0 aliphatic carbocycles. The summed E-state index contributed by atoms with van der Waals surface area (Å²) < 4.78 is 7.41. The van der Waals surface area contributed by atoms with Gasteiger partial charge in [-0.25, -0.2) is 4.79 Å². The Balaban J connectivity index is 1.87. The molecule has 2 N–H and O–H groups in total. The number of carbonyl (C=O) groups excluding carboxylic acids is 1. The lowest BCUT2D eigenvalue weighted by atomic mass is 10.1. The molecule has 0 radical (unpaired) electrons. The van der Waals surface area contributed by atoms with Crippen LogP contribution in [0, 0.1) is 6.92 Å². The predicted molar refractivity (Wildman–Crippen MR) is 99.9 cm³/mol. The van der Waals surface area contributed by atoms with E-state index in [-0.39, 0.29) is 12.1 Å². The molecule has 1 aliphatic heterocycles. The number of nitrogens with zero attached hydrogens (tertiary/aromatic N) is 5. The van der Waals surface area contributed by atoms with Crippen LogP contribution in [0.1, 0.15) is 45.3 Å². The van der Waals surface area contributed by atoms with E-state index in [1.165, 1.54) is 0 Å². The van der Waals surface area contributed by atoms with Gasteiger partial charge in [0.15, 0.2) is 11.8 Å². The number of aliphatic imine (C=N–C) groups is 1. The minimum absolute atomic E-state index is 0.128. The maximum absolute atomic E-state index is 12.3. The Morgan fingerprint density at radius 3 is 2.69 bits per heavy atom. The molecular formula is C17H31N7O2. The number of aromatic nitrogens is 3. The molecule has 1 saturated heterocycles. The molecule has 0 aromatic carbocycles. The lowest BCUT2D eigenvalue weighted by Gasteiger charge is -2.35. The van der Waals surface area contributed by atoms with Crippen LogP contribution in [0.15, 0.2) is 4.99 Å². The number of nitrogens with one attached hydrogen (secondary N) is 2. The second-order valence-electron chi connectivity index (χ2n) is 7.56. The number of guanidine groups is 1. The van der Waals surface area contributed by atoms with Crippen molar-refractivity contribution < 1.29 is 9.53 Å². The molecule has 146 valence electrons. The Kier molecular flexibility index (Phi) is 6.44. The molecule has 9 heteroatoms. The topological polar surface area (TPSA) is 96.7 Å². The van der Waals surface area contributed by atoms with Crippen molar-refractivity contribution in [2.75, 3.05) is 20.1 Å². The standard InChI is InChI=1S/C17H31N7O2/c1-12-21-22-14(23(12)6)10-19-15(18-5)20-13-8-7-9-24(11-13)16(25)26-17(2,3)4/h13H,7-11H2,1-6H3,(H2,18,19,20). The highest BCUT2D eigenvalue weighted by Crippen LogP contribution is 2.15. The molecular weight excluding hydrogens is 334 g/mol. The van der Waals surface area contributed by atoms with Gasteiger partial charge in [-0.1, -0.05) is 0 Å². The van der Waals surface area contributed by atoms with Gasteiger partial charge in [-0.15, -0.1) is 10.2 Å². The average Bonchev–Trinajstić information content (AvgIpc) is 2.89. The van der Waals surface area contributed by atoms with Gasteiger partial charge in [-0.05, 0) is 40.5 Å². The third kappa shape index (κ3) is 5.60. The van der Waals surface area contributed by atoms with Crippen molar-refractivity contribution in [3.63, 3.8) is 0 Å². The minimum atomic E-state index is -0.483. The van der Waals surface area contributed by atoms with Gasteiger partial charge in [0.1, 0.15) is 11.4 Å². The van der Waals surface area contributed by atoms with E-state index in [0.717, 1.165) is 31.0 Å². The zero-order valence-corrected chi connectivity index (χ0v) is 16.7. The van der Waals surface area contributed by atoms with Crippen LogP contribution in [0.2, 0.25) is 0 Å². The van der Waals surface area contributed by atoms with E-state index in [0.29, 0.717) is 19.0 Å². The molecule has 1 fully saturated rings. The van der Waals surface area contributed by atoms with Gasteiger partial charge in [0.2, 0.25) is 0 Å². The van der Waals surface area contributed by atoms with Crippen molar-refractivity contribution >= 4 is 12.1 Å². The van der Waals surface area contributed by atoms with Gasteiger partial charge in [-0.3, -0.25) is 4.99 Å². The highest BCUT2D eigenvalue weighted by molar-refractivity contribution is 5.80. The van der Waals surface area contributed by atoms with E-state index in [9.17, 15) is 4.79 Å². The molecule has 2 heterocycles. The van der Waals surface area contributed by atoms with Gasteiger partial charge in [0.05, 0.1) is 6.54 Å². The average molecular weight is 365 g/mol. The first-order chi connectivity index (χ1) is 12.2. The van der Waals surface area contributed by atoms with Crippen LogP contribution >= 0.6 is 0 Å². The van der Waals surface area contributed by atoms with Gasteiger partial charge in [0, 0.05) is 33.2 Å². The van der Waals surface area contributed by atoms with Crippen molar-refractivity contribution in [2.45, 2.75) is 58.7 Å². The van der Waals surface area contributed by atoms with Gasteiger partial charge >= 0.3 is 6.09 Å². The van der Waals surface area contributed by atoms with E-state index >= 15 is 0 Å². The number of piperidine rings is 1. The fraction of sp³-hybridized carbons (Fsp3) is 0.765. The maximum Gasteiger partial charge on any atom is 0.410 e. The van der Waals surface area contributed by atoms with Crippen LogP contribution in [0.4, 0.5) is 4.79 Å². The van der Waals surface area contributed by atoms with Gasteiger partial charge < -0.3 is 24.8 Å². The van der Waals surface area contributed by atoms with Crippen molar-refractivity contribution in [1.29, 1.82) is 0 Å². The Morgan fingerprint density at radius 1 is 1.38 bits per heavy atom. The molecule has 1 aromatic heterocycles. The van der Waals surface area contributed by atoms with Crippen LogP contribution in [0.3, 0.4) is 0 Å². The van der Waals surface area contributed by atoms with Crippen LogP contribution in [-0.4, -0.2) is 63.5 Å². The lowest BCUT2D eigenvalue weighted by Crippen LogP contribution is -2.53. The highest BCUT2D eigenvalue weighted by Gasteiger charge is 2.28. The fourth-order valence-electron chi connectivity index (χ4n) is 2.74. The predicted octanol–water partition coefficient (Wildman–Crippen LogP) is 1.19. The number of rotatable bonds is 3. The first-order valence-corrected chi connectivity index (χ1v) is 8.99. The normalized spacial score (nSPS) is 18.6. The number of hydrogen-bond acceptors (Lipinski definition) is 5. The van der Waals surface area contributed by atoms with E-state index in [2.05, 4.69) is 25.8 Å². The third-order valence-corrected chi connectivity index (χ3v) is 4.23. The minimum Gasteiger partial charge on any atom is -0.444 e. The third-order valence-electron chi connectivity index (χ3n) is 4.23. The molecule has 0 bridgehead atoms. The molecule has 1 atom stereocenters. The number of likely N-dealkylation sites (tertiary alicyclic amines) is 1. The summed E-state index contributed by atoms with van der Waals surface area (Å²) in [5.41, 5.74) is -0.483. The SMILES string of the molecule is CN=C(NCc1nnc(C)n1C)NC1CCCN(C(=O)OC(C)(C)C)C1. The van der Waals surface area contributed by atoms with E-state index in [1.807, 2.05) is 39.3 Å². The van der Waals surface area contributed by atoms with Crippen molar-refractivity contribution in [3.05, 3.63) is 11.6 Å². The summed E-state index contributed by atoms with van der Waals surface area (Å²) in [5, 5.41) is 14.8. The summed E-state index contributed by atoms with van der Waals surface area (Å²) in [4.78, 5) is 18.3. The summed E-state index contributed by atoms with van der Waals surface area (Å²) in [7, 11) is 3.66. The monoisotopic (exact) mass is 365 g/mol. The Labute approximate surface area is 155 Å².